The Morgan fingerprint density at radius 2 is 1.96 bits per heavy atom. The third-order valence-electron chi connectivity index (χ3n) is 4.70. The summed E-state index contributed by atoms with van der Waals surface area (Å²) in [6, 6.07) is 15.9. The number of nitrogens with zero attached hydrogens (tertiary/aromatic N) is 3. The molecular formula is C19H19N3O. The van der Waals surface area contributed by atoms with Gasteiger partial charge in [-0.1, -0.05) is 24.3 Å². The third-order valence-corrected chi connectivity index (χ3v) is 4.70. The number of hydrogen-bond acceptors (Lipinski definition) is 2. The molecule has 3 aromatic rings. The minimum absolute atomic E-state index is 0.0211. The van der Waals surface area contributed by atoms with Crippen LogP contribution in [0.1, 0.15) is 17.8 Å². The molecule has 0 aliphatic heterocycles. The molecule has 116 valence electrons. The van der Waals surface area contributed by atoms with Crippen molar-refractivity contribution in [3.63, 3.8) is 0 Å². The number of pyridine rings is 1. The van der Waals surface area contributed by atoms with E-state index in [9.17, 15) is 4.79 Å². The molecule has 4 rings (SSSR count). The van der Waals surface area contributed by atoms with Gasteiger partial charge in [0.15, 0.2) is 0 Å². The van der Waals surface area contributed by atoms with Crippen molar-refractivity contribution in [2.24, 2.45) is 5.92 Å². The van der Waals surface area contributed by atoms with Crippen molar-refractivity contribution in [3.05, 3.63) is 66.1 Å². The van der Waals surface area contributed by atoms with Crippen molar-refractivity contribution in [1.82, 2.24) is 9.38 Å². The van der Waals surface area contributed by atoms with Crippen LogP contribution in [0.2, 0.25) is 0 Å². The molecule has 1 aromatic carbocycles. The Kier molecular flexibility index (Phi) is 3.37. The highest BCUT2D eigenvalue weighted by atomic mass is 16.2. The number of hydrogen-bond donors (Lipinski definition) is 0. The van der Waals surface area contributed by atoms with E-state index in [-0.39, 0.29) is 11.8 Å². The molecule has 1 aliphatic rings. The number of fused-ring (bicyclic) bond motifs is 3. The molecular weight excluding hydrogens is 286 g/mol. The van der Waals surface area contributed by atoms with Gasteiger partial charge in [0.25, 0.3) is 0 Å². The molecule has 0 bridgehead atoms. The first-order valence-electron chi connectivity index (χ1n) is 8.01. The molecule has 0 saturated carbocycles. The summed E-state index contributed by atoms with van der Waals surface area (Å²) >= 11 is 0. The fraction of sp³-hybridized carbons (Fsp3) is 0.263. The summed E-state index contributed by atoms with van der Waals surface area (Å²) in [5, 5.41) is 0. The van der Waals surface area contributed by atoms with Gasteiger partial charge in [-0.3, -0.25) is 4.79 Å². The van der Waals surface area contributed by atoms with Crippen molar-refractivity contribution in [2.45, 2.75) is 19.3 Å². The molecule has 23 heavy (non-hydrogen) atoms. The second-order valence-electron chi connectivity index (χ2n) is 6.11. The summed E-state index contributed by atoms with van der Waals surface area (Å²) < 4.78 is 2.12. The SMILES string of the molecule is CN(C(=O)C1CCc2nc3ccccn3c2C1)c1ccccc1. The van der Waals surface area contributed by atoms with E-state index in [4.69, 9.17) is 0 Å². The van der Waals surface area contributed by atoms with Crippen LogP contribution in [0.3, 0.4) is 0 Å². The van der Waals surface area contributed by atoms with Crippen LogP contribution in [0.4, 0.5) is 5.69 Å². The number of carbonyl (C=O) groups excluding carboxylic acids is 1. The van der Waals surface area contributed by atoms with E-state index in [1.165, 1.54) is 5.69 Å². The first-order chi connectivity index (χ1) is 11.2. The molecule has 2 heterocycles. The minimum Gasteiger partial charge on any atom is -0.315 e. The molecule has 1 atom stereocenters. The number of amides is 1. The quantitative estimate of drug-likeness (QED) is 0.729. The summed E-state index contributed by atoms with van der Waals surface area (Å²) in [5.41, 5.74) is 4.25. The lowest BCUT2D eigenvalue weighted by Gasteiger charge is -2.26. The molecule has 0 saturated heterocycles. The molecule has 0 N–H and O–H groups in total. The number of rotatable bonds is 2. The van der Waals surface area contributed by atoms with Gasteiger partial charge >= 0.3 is 0 Å². The van der Waals surface area contributed by atoms with Gasteiger partial charge in [0, 0.05) is 37.0 Å². The average Bonchev–Trinajstić information content (AvgIpc) is 2.99. The first-order valence-corrected chi connectivity index (χ1v) is 8.01. The Labute approximate surface area is 135 Å². The van der Waals surface area contributed by atoms with Gasteiger partial charge in [-0.05, 0) is 37.1 Å². The predicted molar refractivity (Wildman–Crippen MR) is 90.6 cm³/mol. The second-order valence-corrected chi connectivity index (χ2v) is 6.11. The highest BCUT2D eigenvalue weighted by molar-refractivity contribution is 5.94. The number of carbonyl (C=O) groups is 1. The van der Waals surface area contributed by atoms with E-state index in [0.29, 0.717) is 0 Å². The fourth-order valence-electron chi connectivity index (χ4n) is 3.42. The topological polar surface area (TPSA) is 37.6 Å². The van der Waals surface area contributed by atoms with Crippen LogP contribution in [0.5, 0.6) is 0 Å². The van der Waals surface area contributed by atoms with Gasteiger partial charge in [0.1, 0.15) is 5.65 Å². The maximum atomic E-state index is 12.9. The Bertz CT molecular complexity index is 853. The monoisotopic (exact) mass is 305 g/mol. The zero-order chi connectivity index (χ0) is 15.8. The number of anilines is 1. The smallest absolute Gasteiger partial charge is 0.230 e. The van der Waals surface area contributed by atoms with Crippen LogP contribution >= 0.6 is 0 Å². The van der Waals surface area contributed by atoms with Crippen LogP contribution in [-0.2, 0) is 17.6 Å². The summed E-state index contributed by atoms with van der Waals surface area (Å²) in [4.78, 5) is 19.3. The third kappa shape index (κ3) is 2.40. The maximum absolute atomic E-state index is 12.9. The summed E-state index contributed by atoms with van der Waals surface area (Å²) in [6.07, 6.45) is 4.54. The summed E-state index contributed by atoms with van der Waals surface area (Å²) in [7, 11) is 1.86. The van der Waals surface area contributed by atoms with Gasteiger partial charge in [0.05, 0.1) is 5.69 Å². The molecule has 2 aromatic heterocycles. The maximum Gasteiger partial charge on any atom is 0.230 e. The van der Waals surface area contributed by atoms with Gasteiger partial charge < -0.3 is 9.30 Å². The first kappa shape index (κ1) is 14.0. The number of aromatic nitrogens is 2. The van der Waals surface area contributed by atoms with Crippen molar-refractivity contribution >= 4 is 17.2 Å². The standard InChI is InChI=1S/C19H19N3O/c1-21(15-7-3-2-4-8-15)19(23)14-10-11-16-17(13-14)22-12-6-5-9-18(22)20-16/h2-9,12,14H,10-11,13H2,1H3. The van der Waals surface area contributed by atoms with Crippen LogP contribution in [-0.4, -0.2) is 22.3 Å². The van der Waals surface area contributed by atoms with Gasteiger partial charge in [0.2, 0.25) is 5.91 Å². The lowest BCUT2D eigenvalue weighted by atomic mass is 9.88. The Morgan fingerprint density at radius 1 is 1.17 bits per heavy atom. The molecule has 1 amide bonds. The molecule has 4 nitrogen and oxygen atoms in total. The van der Waals surface area contributed by atoms with Crippen molar-refractivity contribution < 1.29 is 4.79 Å². The number of aryl methyl sites for hydroxylation is 1. The number of para-hydroxylation sites is 1. The van der Waals surface area contributed by atoms with Crippen molar-refractivity contribution in [2.75, 3.05) is 11.9 Å². The zero-order valence-electron chi connectivity index (χ0n) is 13.1. The van der Waals surface area contributed by atoms with Crippen LogP contribution < -0.4 is 4.90 Å². The summed E-state index contributed by atoms with van der Waals surface area (Å²) in [5.74, 6) is 0.209. The fourth-order valence-corrected chi connectivity index (χ4v) is 3.42. The normalized spacial score (nSPS) is 17.0. The number of benzene rings is 1. The van der Waals surface area contributed by atoms with E-state index in [2.05, 4.69) is 9.38 Å². The minimum atomic E-state index is 0.0211. The van der Waals surface area contributed by atoms with Gasteiger partial charge in [-0.15, -0.1) is 0 Å². The van der Waals surface area contributed by atoms with Crippen molar-refractivity contribution in [1.29, 1.82) is 0 Å². The van der Waals surface area contributed by atoms with E-state index in [0.717, 1.165) is 36.3 Å². The van der Waals surface area contributed by atoms with E-state index in [1.807, 2.05) is 61.8 Å². The second kappa shape index (κ2) is 5.54. The molecule has 0 fully saturated rings. The Hall–Kier alpha value is -2.62. The largest absolute Gasteiger partial charge is 0.315 e. The Balaban J connectivity index is 1.61. The molecule has 4 heteroatoms. The van der Waals surface area contributed by atoms with Crippen molar-refractivity contribution in [3.8, 4) is 0 Å². The molecule has 1 aliphatic carbocycles. The van der Waals surface area contributed by atoms with Crippen LogP contribution in [0.15, 0.2) is 54.7 Å². The van der Waals surface area contributed by atoms with E-state index < -0.39 is 0 Å². The highest BCUT2D eigenvalue weighted by Gasteiger charge is 2.30. The van der Waals surface area contributed by atoms with E-state index in [1.54, 1.807) is 4.90 Å². The molecule has 1 unspecified atom stereocenters. The van der Waals surface area contributed by atoms with E-state index >= 15 is 0 Å². The van der Waals surface area contributed by atoms with Crippen LogP contribution in [0.25, 0.3) is 5.65 Å². The predicted octanol–water partition coefficient (Wildman–Crippen LogP) is 3.10. The number of imidazole rings is 1. The van der Waals surface area contributed by atoms with Gasteiger partial charge in [-0.25, -0.2) is 4.98 Å². The Morgan fingerprint density at radius 3 is 2.78 bits per heavy atom. The molecule has 0 radical (unpaired) electrons. The summed E-state index contributed by atoms with van der Waals surface area (Å²) in [6.45, 7) is 0. The highest BCUT2D eigenvalue weighted by Crippen LogP contribution is 2.28. The lowest BCUT2D eigenvalue weighted by Crippen LogP contribution is -2.36. The van der Waals surface area contributed by atoms with Crippen LogP contribution in [0, 0.1) is 5.92 Å². The lowest BCUT2D eigenvalue weighted by molar-refractivity contribution is -0.122. The van der Waals surface area contributed by atoms with Gasteiger partial charge in [-0.2, -0.15) is 0 Å². The zero-order valence-corrected chi connectivity index (χ0v) is 13.1. The molecule has 0 spiro atoms. The average molecular weight is 305 g/mol.